The number of aryl methyl sites for hydroxylation is 1. The standard InChI is InChI=1S/C24H17FN4O3S/c1-28-14-15(13-27-28)11-21-23(31)29(16-7-9-17(32-2)10-8-16)24(33-21)19(12-26)22(30)18-5-3-4-6-20(18)25/h3-11,13-14H,1-2H3/b21-11+,24-19-. The maximum Gasteiger partial charge on any atom is 0.273 e. The minimum Gasteiger partial charge on any atom is -0.497 e. The number of Topliss-reactive ketones (excluding diaryl/α,β-unsaturated/α-hetero) is 1. The lowest BCUT2D eigenvalue weighted by Gasteiger charge is -2.06. The lowest BCUT2D eigenvalue weighted by Crippen LogP contribution is -2.31. The predicted molar refractivity (Wildman–Crippen MR) is 122 cm³/mol. The van der Waals surface area contributed by atoms with E-state index in [0.29, 0.717) is 21.5 Å². The number of carbonyl (C=O) groups is 1. The number of nitrogens with zero attached hydrogens (tertiary/aromatic N) is 4. The van der Waals surface area contributed by atoms with Crippen molar-refractivity contribution in [1.29, 1.82) is 5.26 Å². The monoisotopic (exact) mass is 460 g/mol. The molecular formula is C24H17FN4O3S. The molecule has 2 heterocycles. The molecule has 33 heavy (non-hydrogen) atoms. The maximum absolute atomic E-state index is 14.3. The summed E-state index contributed by atoms with van der Waals surface area (Å²) < 4.78 is 22.7. The highest BCUT2D eigenvalue weighted by molar-refractivity contribution is 7.07. The molecule has 0 N–H and O–H groups in total. The van der Waals surface area contributed by atoms with Crippen LogP contribution in [-0.2, 0) is 7.05 Å². The summed E-state index contributed by atoms with van der Waals surface area (Å²) in [5.74, 6) is -0.961. The van der Waals surface area contributed by atoms with Gasteiger partial charge in [0.1, 0.15) is 27.9 Å². The van der Waals surface area contributed by atoms with Crippen molar-refractivity contribution in [3.05, 3.63) is 97.4 Å². The SMILES string of the molecule is COc1ccc(-n2c(=O)/c(=C\c3cnn(C)c3)s/c2=C(/C#N)C(=O)c2ccccc2F)cc1. The fourth-order valence-electron chi connectivity index (χ4n) is 3.26. The van der Waals surface area contributed by atoms with Gasteiger partial charge in [-0.3, -0.25) is 18.8 Å². The first-order valence-corrected chi connectivity index (χ1v) is 10.5. The Labute approximate surface area is 191 Å². The fourth-order valence-corrected chi connectivity index (χ4v) is 4.36. The van der Waals surface area contributed by atoms with Crippen molar-refractivity contribution in [2.75, 3.05) is 7.11 Å². The molecule has 0 bridgehead atoms. The van der Waals surface area contributed by atoms with Crippen LogP contribution in [0, 0.1) is 17.1 Å². The van der Waals surface area contributed by atoms with Crippen molar-refractivity contribution in [3.63, 3.8) is 0 Å². The first-order chi connectivity index (χ1) is 15.9. The highest BCUT2D eigenvalue weighted by atomic mass is 32.1. The van der Waals surface area contributed by atoms with E-state index in [2.05, 4.69) is 5.10 Å². The molecule has 0 amide bonds. The van der Waals surface area contributed by atoms with Gasteiger partial charge in [0.25, 0.3) is 5.56 Å². The molecule has 0 radical (unpaired) electrons. The Morgan fingerprint density at radius 1 is 1.21 bits per heavy atom. The molecule has 164 valence electrons. The normalized spacial score (nSPS) is 12.4. The summed E-state index contributed by atoms with van der Waals surface area (Å²) in [4.78, 5) is 26.5. The van der Waals surface area contributed by atoms with Gasteiger partial charge in [-0.1, -0.05) is 12.1 Å². The van der Waals surface area contributed by atoms with E-state index in [0.717, 1.165) is 17.4 Å². The van der Waals surface area contributed by atoms with E-state index in [9.17, 15) is 19.2 Å². The molecule has 4 aromatic rings. The predicted octanol–water partition coefficient (Wildman–Crippen LogP) is 2.17. The van der Waals surface area contributed by atoms with E-state index in [4.69, 9.17) is 4.74 Å². The Balaban J connectivity index is 2.05. The van der Waals surface area contributed by atoms with E-state index in [1.807, 2.05) is 6.07 Å². The molecule has 0 atom stereocenters. The average Bonchev–Trinajstić information content (AvgIpc) is 3.37. The number of hydrogen-bond donors (Lipinski definition) is 0. The number of benzene rings is 2. The third kappa shape index (κ3) is 4.24. The minimum atomic E-state index is -0.799. The number of halogens is 1. The second kappa shape index (κ2) is 9.06. The van der Waals surface area contributed by atoms with E-state index in [1.54, 1.807) is 54.5 Å². The molecule has 0 fully saturated rings. The quantitative estimate of drug-likeness (QED) is 0.426. The fraction of sp³-hybridized carbons (Fsp3) is 0.0833. The van der Waals surface area contributed by atoms with Crippen LogP contribution in [0.5, 0.6) is 5.75 Å². The Kier molecular flexibility index (Phi) is 6.02. The number of thiazole rings is 1. The van der Waals surface area contributed by atoms with Crippen molar-refractivity contribution in [2.45, 2.75) is 0 Å². The Morgan fingerprint density at radius 2 is 1.94 bits per heavy atom. The number of rotatable bonds is 5. The number of aromatic nitrogens is 3. The van der Waals surface area contributed by atoms with Gasteiger partial charge < -0.3 is 4.74 Å². The zero-order chi connectivity index (χ0) is 23.5. The number of methoxy groups -OCH3 is 1. The number of carbonyl (C=O) groups excluding carboxylic acids is 1. The molecule has 4 rings (SSSR count). The topological polar surface area (TPSA) is 89.9 Å². The third-order valence-corrected chi connectivity index (χ3v) is 5.94. The van der Waals surface area contributed by atoms with Crippen LogP contribution in [0.4, 0.5) is 4.39 Å². The molecule has 0 spiro atoms. The third-order valence-electron chi connectivity index (χ3n) is 4.85. The van der Waals surface area contributed by atoms with Crippen LogP contribution >= 0.6 is 11.3 Å². The van der Waals surface area contributed by atoms with Gasteiger partial charge in [0.15, 0.2) is 0 Å². The van der Waals surface area contributed by atoms with Gasteiger partial charge in [0.2, 0.25) is 5.78 Å². The van der Waals surface area contributed by atoms with Crippen LogP contribution in [0.2, 0.25) is 0 Å². The first kappa shape index (κ1) is 21.9. The summed E-state index contributed by atoms with van der Waals surface area (Å²) in [7, 11) is 3.27. The van der Waals surface area contributed by atoms with Gasteiger partial charge in [0.05, 0.1) is 29.1 Å². The number of ether oxygens (including phenoxy) is 1. The first-order valence-electron chi connectivity index (χ1n) is 9.73. The Morgan fingerprint density at radius 3 is 2.55 bits per heavy atom. The van der Waals surface area contributed by atoms with Crippen molar-refractivity contribution < 1.29 is 13.9 Å². The summed E-state index contributed by atoms with van der Waals surface area (Å²) in [5, 5.41) is 14.0. The molecule has 0 aliphatic carbocycles. The minimum absolute atomic E-state index is 0.107. The zero-order valence-corrected chi connectivity index (χ0v) is 18.5. The van der Waals surface area contributed by atoms with Crippen LogP contribution in [-0.4, -0.2) is 27.2 Å². The van der Waals surface area contributed by atoms with Crippen molar-refractivity contribution in [1.82, 2.24) is 14.3 Å². The lowest BCUT2D eigenvalue weighted by atomic mass is 10.0. The molecule has 0 saturated carbocycles. The van der Waals surface area contributed by atoms with E-state index < -0.39 is 17.2 Å². The molecule has 0 aliphatic rings. The number of hydrogen-bond acceptors (Lipinski definition) is 6. The van der Waals surface area contributed by atoms with Crippen molar-refractivity contribution >= 4 is 28.8 Å². The Hall–Kier alpha value is -4.29. The van der Waals surface area contributed by atoms with Gasteiger partial charge >= 0.3 is 0 Å². The van der Waals surface area contributed by atoms with Crippen molar-refractivity contribution in [2.24, 2.45) is 7.05 Å². The number of ketones is 1. The van der Waals surface area contributed by atoms with Crippen LogP contribution in [0.25, 0.3) is 17.3 Å². The van der Waals surface area contributed by atoms with Crippen LogP contribution in [0.15, 0.2) is 65.7 Å². The molecular weight excluding hydrogens is 443 g/mol. The average molecular weight is 460 g/mol. The van der Waals surface area contributed by atoms with E-state index in [-0.39, 0.29) is 15.8 Å². The van der Waals surface area contributed by atoms with Gasteiger partial charge in [-0.2, -0.15) is 10.4 Å². The van der Waals surface area contributed by atoms with Gasteiger partial charge in [-0.15, -0.1) is 11.3 Å². The number of nitriles is 1. The van der Waals surface area contributed by atoms with E-state index in [1.165, 1.54) is 29.9 Å². The van der Waals surface area contributed by atoms with Crippen LogP contribution < -0.4 is 19.5 Å². The molecule has 0 saturated heterocycles. The summed E-state index contributed by atoms with van der Waals surface area (Å²) in [5.41, 5.74) is 0.131. The highest BCUT2D eigenvalue weighted by Crippen LogP contribution is 2.15. The van der Waals surface area contributed by atoms with Gasteiger partial charge in [0, 0.05) is 18.8 Å². The van der Waals surface area contributed by atoms with Crippen molar-refractivity contribution in [3.8, 4) is 17.5 Å². The van der Waals surface area contributed by atoms with Gasteiger partial charge in [-0.05, 0) is 42.5 Å². The summed E-state index contributed by atoms with van der Waals surface area (Å²) in [6.07, 6.45) is 4.96. The summed E-state index contributed by atoms with van der Waals surface area (Å²) in [6.45, 7) is 0. The summed E-state index contributed by atoms with van der Waals surface area (Å²) in [6, 6.07) is 13.9. The van der Waals surface area contributed by atoms with E-state index >= 15 is 0 Å². The Bertz CT molecular complexity index is 1570. The van der Waals surface area contributed by atoms with Gasteiger partial charge in [-0.25, -0.2) is 4.39 Å². The molecule has 7 nitrogen and oxygen atoms in total. The molecule has 0 unspecified atom stereocenters. The highest BCUT2D eigenvalue weighted by Gasteiger charge is 2.21. The smallest absolute Gasteiger partial charge is 0.273 e. The molecule has 2 aromatic heterocycles. The maximum atomic E-state index is 14.3. The van der Waals surface area contributed by atoms with Crippen LogP contribution in [0.1, 0.15) is 15.9 Å². The second-order valence-corrected chi connectivity index (χ2v) is 8.03. The molecule has 0 aliphatic heterocycles. The largest absolute Gasteiger partial charge is 0.497 e. The van der Waals surface area contributed by atoms with Crippen LogP contribution in [0.3, 0.4) is 0 Å². The lowest BCUT2D eigenvalue weighted by molar-refractivity contribution is 0.105. The second-order valence-electron chi connectivity index (χ2n) is 7.00. The molecule has 9 heteroatoms. The summed E-state index contributed by atoms with van der Waals surface area (Å²) >= 11 is 0.980. The molecule has 2 aromatic carbocycles. The zero-order valence-electron chi connectivity index (χ0n) is 17.7.